The Bertz CT molecular complexity index is 884. The van der Waals surface area contributed by atoms with Gasteiger partial charge in [-0.25, -0.2) is 4.79 Å². The summed E-state index contributed by atoms with van der Waals surface area (Å²) in [7, 11) is 4.31. The third-order valence-electron chi connectivity index (χ3n) is 6.90. The van der Waals surface area contributed by atoms with Gasteiger partial charge in [-0.2, -0.15) is 0 Å². The second kappa shape index (κ2) is 10.8. The monoisotopic (exact) mass is 470 g/mol. The molecule has 0 aliphatic heterocycles. The molecule has 4 heteroatoms. The Kier molecular flexibility index (Phi) is 8.99. The van der Waals surface area contributed by atoms with Crippen molar-refractivity contribution >= 4 is 5.97 Å². The Morgan fingerprint density at radius 3 is 2.24 bits per heavy atom. The number of unbranched alkanes of at least 4 members (excludes halogenated alkanes) is 1. The maximum absolute atomic E-state index is 13.2. The molecule has 0 saturated heterocycles. The van der Waals surface area contributed by atoms with E-state index in [9.17, 15) is 9.90 Å². The molecule has 0 amide bonds. The molecule has 190 valence electrons. The van der Waals surface area contributed by atoms with Crippen LogP contribution < -0.4 is 0 Å². The van der Waals surface area contributed by atoms with Gasteiger partial charge in [0.15, 0.2) is 0 Å². The van der Waals surface area contributed by atoms with Crippen LogP contribution in [0.2, 0.25) is 0 Å². The van der Waals surface area contributed by atoms with Crippen molar-refractivity contribution < 1.29 is 19.1 Å². The normalized spacial score (nSPS) is 21.6. The van der Waals surface area contributed by atoms with Crippen molar-refractivity contribution in [2.45, 2.75) is 79.9 Å². The Hall–Kier alpha value is -1.91. The van der Waals surface area contributed by atoms with Crippen LogP contribution in [-0.4, -0.2) is 48.4 Å². The number of esters is 1. The van der Waals surface area contributed by atoms with E-state index in [2.05, 4.69) is 86.8 Å². The summed E-state index contributed by atoms with van der Waals surface area (Å²) in [6.07, 6.45) is 6.53. The standard InChI is InChI=1S/C30H48NO3/c1-10-11-17-30(33)25(28(2,3)4)20-24(21-26(30)29(5,6)7)27(32)34-19-18-31(8,9)22-23-15-13-12-14-16-23/h12-16,20-21,25,33H,10-11,17-19,22H2,1-9H3/q+1. The van der Waals surface area contributed by atoms with Crippen LogP contribution in [0.1, 0.15) is 73.3 Å². The summed E-state index contributed by atoms with van der Waals surface area (Å²) in [6.45, 7) is 16.9. The first-order valence-electron chi connectivity index (χ1n) is 12.8. The van der Waals surface area contributed by atoms with Gasteiger partial charge in [0, 0.05) is 11.5 Å². The van der Waals surface area contributed by atoms with Gasteiger partial charge in [-0.05, 0) is 28.9 Å². The van der Waals surface area contributed by atoms with Gasteiger partial charge in [-0.15, -0.1) is 0 Å². The largest absolute Gasteiger partial charge is 0.456 e. The number of quaternary nitrogens is 1. The van der Waals surface area contributed by atoms with Gasteiger partial charge in [0.25, 0.3) is 0 Å². The maximum Gasteiger partial charge on any atom is 0.338 e. The van der Waals surface area contributed by atoms with E-state index in [0.29, 0.717) is 18.6 Å². The summed E-state index contributed by atoms with van der Waals surface area (Å²) in [5, 5.41) is 12.0. The summed E-state index contributed by atoms with van der Waals surface area (Å²) in [4.78, 5) is 13.2. The van der Waals surface area contributed by atoms with Gasteiger partial charge in [-0.3, -0.25) is 0 Å². The van der Waals surface area contributed by atoms with E-state index in [4.69, 9.17) is 4.74 Å². The highest BCUT2D eigenvalue weighted by Gasteiger charge is 2.49. The first kappa shape index (κ1) is 28.3. The number of ether oxygens (including phenoxy) is 1. The fraction of sp³-hybridized carbons (Fsp3) is 0.633. The number of rotatable bonds is 9. The summed E-state index contributed by atoms with van der Waals surface area (Å²) < 4.78 is 6.51. The first-order chi connectivity index (χ1) is 15.6. The van der Waals surface area contributed by atoms with E-state index >= 15 is 0 Å². The van der Waals surface area contributed by atoms with Crippen LogP contribution in [0.4, 0.5) is 0 Å². The number of hydrogen-bond donors (Lipinski definition) is 1. The molecular formula is C30H48NO3+. The van der Waals surface area contributed by atoms with Crippen molar-refractivity contribution in [1.29, 1.82) is 0 Å². The summed E-state index contributed by atoms with van der Waals surface area (Å²) in [5.74, 6) is -0.466. The summed E-state index contributed by atoms with van der Waals surface area (Å²) >= 11 is 0. The van der Waals surface area contributed by atoms with Gasteiger partial charge >= 0.3 is 5.97 Å². The zero-order chi connectivity index (χ0) is 25.8. The Morgan fingerprint density at radius 1 is 1.09 bits per heavy atom. The number of carbonyl (C=O) groups excluding carboxylic acids is 1. The number of nitrogens with zero attached hydrogens (tertiary/aromatic N) is 1. The molecule has 34 heavy (non-hydrogen) atoms. The van der Waals surface area contributed by atoms with Crippen molar-refractivity contribution in [1.82, 2.24) is 0 Å². The van der Waals surface area contributed by atoms with Gasteiger partial charge in [0.05, 0.1) is 25.3 Å². The van der Waals surface area contributed by atoms with Crippen LogP contribution in [0.3, 0.4) is 0 Å². The lowest BCUT2D eigenvalue weighted by Gasteiger charge is -2.49. The average Bonchev–Trinajstić information content (AvgIpc) is 2.70. The Balaban J connectivity index is 2.22. The quantitative estimate of drug-likeness (QED) is 0.340. The topological polar surface area (TPSA) is 46.5 Å². The van der Waals surface area contributed by atoms with E-state index in [1.165, 1.54) is 5.56 Å². The molecule has 1 aromatic carbocycles. The number of hydrogen-bond acceptors (Lipinski definition) is 3. The SMILES string of the molecule is CCCCC1(O)C(C(C)(C)C)=CC(C(=O)OCC[N+](C)(C)Cc2ccccc2)=CC1C(C)(C)C. The first-order valence-corrected chi connectivity index (χ1v) is 12.8. The van der Waals surface area contributed by atoms with Crippen LogP contribution in [0.15, 0.2) is 53.6 Å². The molecule has 0 bridgehead atoms. The van der Waals surface area contributed by atoms with E-state index in [0.717, 1.165) is 36.0 Å². The molecule has 0 radical (unpaired) electrons. The highest BCUT2D eigenvalue weighted by molar-refractivity contribution is 5.92. The van der Waals surface area contributed by atoms with Crippen LogP contribution in [-0.2, 0) is 16.1 Å². The number of benzene rings is 1. The lowest BCUT2D eigenvalue weighted by molar-refractivity contribution is -0.903. The van der Waals surface area contributed by atoms with E-state index in [1.807, 2.05) is 18.2 Å². The zero-order valence-corrected chi connectivity index (χ0v) is 23.1. The zero-order valence-electron chi connectivity index (χ0n) is 23.1. The number of aliphatic hydroxyl groups is 1. The fourth-order valence-corrected chi connectivity index (χ4v) is 5.13. The van der Waals surface area contributed by atoms with Crippen LogP contribution >= 0.6 is 0 Å². The summed E-state index contributed by atoms with van der Waals surface area (Å²) in [6, 6.07) is 10.4. The third-order valence-corrected chi connectivity index (χ3v) is 6.90. The van der Waals surface area contributed by atoms with E-state index in [-0.39, 0.29) is 22.7 Å². The van der Waals surface area contributed by atoms with E-state index < -0.39 is 5.60 Å². The number of carbonyl (C=O) groups is 1. The second-order valence-electron chi connectivity index (χ2n) is 12.7. The van der Waals surface area contributed by atoms with Gasteiger partial charge < -0.3 is 14.3 Å². The maximum atomic E-state index is 13.2. The van der Waals surface area contributed by atoms with Crippen LogP contribution in [0, 0.1) is 16.7 Å². The van der Waals surface area contributed by atoms with Crippen molar-refractivity contribution in [3.63, 3.8) is 0 Å². The van der Waals surface area contributed by atoms with Crippen LogP contribution in [0.25, 0.3) is 0 Å². The van der Waals surface area contributed by atoms with Gasteiger partial charge in [0.2, 0.25) is 0 Å². The predicted octanol–water partition coefficient (Wildman–Crippen LogP) is 6.30. The Morgan fingerprint density at radius 2 is 1.71 bits per heavy atom. The molecule has 1 aliphatic rings. The fourth-order valence-electron chi connectivity index (χ4n) is 5.13. The second-order valence-corrected chi connectivity index (χ2v) is 12.7. The molecule has 0 saturated carbocycles. The lowest BCUT2D eigenvalue weighted by Crippen LogP contribution is -2.50. The average molecular weight is 471 g/mol. The molecule has 0 heterocycles. The third kappa shape index (κ3) is 7.29. The molecule has 1 N–H and O–H groups in total. The summed E-state index contributed by atoms with van der Waals surface area (Å²) in [5.41, 5.74) is 1.34. The van der Waals surface area contributed by atoms with E-state index in [1.54, 1.807) is 0 Å². The van der Waals surface area contributed by atoms with Crippen molar-refractivity contribution in [3.8, 4) is 0 Å². The smallest absolute Gasteiger partial charge is 0.338 e. The van der Waals surface area contributed by atoms with Crippen molar-refractivity contribution in [3.05, 3.63) is 59.2 Å². The molecule has 0 aromatic heterocycles. The molecule has 2 unspecified atom stereocenters. The molecule has 2 rings (SSSR count). The Labute approximate surface area is 208 Å². The molecule has 4 nitrogen and oxygen atoms in total. The van der Waals surface area contributed by atoms with Gasteiger partial charge in [-0.1, -0.05) is 97.7 Å². The molecule has 1 aliphatic carbocycles. The molecule has 0 spiro atoms. The van der Waals surface area contributed by atoms with Crippen molar-refractivity contribution in [2.75, 3.05) is 27.2 Å². The molecule has 1 aromatic rings. The van der Waals surface area contributed by atoms with Crippen LogP contribution in [0.5, 0.6) is 0 Å². The lowest BCUT2D eigenvalue weighted by atomic mass is 9.59. The minimum Gasteiger partial charge on any atom is -0.456 e. The number of likely N-dealkylation sites (N-methyl/N-ethyl adjacent to an activating group) is 1. The molecule has 2 atom stereocenters. The minimum atomic E-state index is -0.967. The highest BCUT2D eigenvalue weighted by Crippen LogP contribution is 2.51. The molecular weight excluding hydrogens is 422 g/mol. The highest BCUT2D eigenvalue weighted by atomic mass is 16.5. The minimum absolute atomic E-state index is 0.168. The van der Waals surface area contributed by atoms with Crippen molar-refractivity contribution in [2.24, 2.45) is 16.7 Å². The molecule has 0 fully saturated rings. The van der Waals surface area contributed by atoms with Gasteiger partial charge in [0.1, 0.15) is 19.7 Å². The predicted molar refractivity (Wildman–Crippen MR) is 141 cm³/mol.